The lowest BCUT2D eigenvalue weighted by molar-refractivity contribution is 0.354. The lowest BCUT2D eigenvalue weighted by Gasteiger charge is -2.14. The molecule has 0 aliphatic heterocycles. The van der Waals surface area contributed by atoms with Crippen LogP contribution < -0.4 is 15.2 Å². The zero-order chi connectivity index (χ0) is 13.4. The van der Waals surface area contributed by atoms with Gasteiger partial charge in [-0.25, -0.2) is 0 Å². The average molecular weight is 259 g/mol. The summed E-state index contributed by atoms with van der Waals surface area (Å²) < 4.78 is 10.8. The summed E-state index contributed by atoms with van der Waals surface area (Å²) in [4.78, 5) is 0. The second-order valence-electron chi connectivity index (χ2n) is 5.37. The second kappa shape index (κ2) is 4.89. The number of aryl methyl sites for hydroxylation is 1. The Labute approximate surface area is 114 Å². The summed E-state index contributed by atoms with van der Waals surface area (Å²) in [5, 5.41) is 0. The van der Waals surface area contributed by atoms with E-state index in [-0.39, 0.29) is 6.04 Å². The molecule has 2 aliphatic carbocycles. The van der Waals surface area contributed by atoms with Crippen LogP contribution in [0.15, 0.2) is 17.7 Å². The van der Waals surface area contributed by atoms with Gasteiger partial charge in [-0.1, -0.05) is 0 Å². The van der Waals surface area contributed by atoms with Crippen molar-refractivity contribution in [2.75, 3.05) is 14.2 Å². The van der Waals surface area contributed by atoms with Crippen LogP contribution in [0.25, 0.3) is 5.57 Å². The van der Waals surface area contributed by atoms with Crippen LogP contribution in [0.3, 0.4) is 0 Å². The van der Waals surface area contributed by atoms with E-state index >= 15 is 0 Å². The Bertz CT molecular complexity index is 534. The molecule has 0 saturated carbocycles. The van der Waals surface area contributed by atoms with Gasteiger partial charge in [0.1, 0.15) is 0 Å². The molecule has 3 heteroatoms. The zero-order valence-electron chi connectivity index (χ0n) is 11.7. The van der Waals surface area contributed by atoms with E-state index in [1.54, 1.807) is 14.2 Å². The second-order valence-corrected chi connectivity index (χ2v) is 5.37. The van der Waals surface area contributed by atoms with Gasteiger partial charge in [0.2, 0.25) is 0 Å². The van der Waals surface area contributed by atoms with Gasteiger partial charge in [-0.05, 0) is 66.5 Å². The van der Waals surface area contributed by atoms with Crippen LogP contribution in [0, 0.1) is 0 Å². The molecule has 3 rings (SSSR count). The summed E-state index contributed by atoms with van der Waals surface area (Å²) in [6.45, 7) is 0. The van der Waals surface area contributed by atoms with Gasteiger partial charge in [-0.2, -0.15) is 0 Å². The molecular weight excluding hydrogens is 238 g/mol. The monoisotopic (exact) mass is 259 g/mol. The fourth-order valence-electron chi connectivity index (χ4n) is 3.38. The maximum atomic E-state index is 6.32. The molecule has 0 fully saturated rings. The highest BCUT2D eigenvalue weighted by Crippen LogP contribution is 2.43. The molecule has 19 heavy (non-hydrogen) atoms. The third-order valence-electron chi connectivity index (χ3n) is 4.37. The number of ether oxygens (including phenoxy) is 2. The van der Waals surface area contributed by atoms with Crippen LogP contribution in [-0.4, -0.2) is 20.3 Å². The van der Waals surface area contributed by atoms with Crippen molar-refractivity contribution in [2.24, 2.45) is 5.73 Å². The van der Waals surface area contributed by atoms with Gasteiger partial charge in [0.15, 0.2) is 11.5 Å². The van der Waals surface area contributed by atoms with Gasteiger partial charge in [0, 0.05) is 6.04 Å². The van der Waals surface area contributed by atoms with Crippen LogP contribution in [-0.2, 0) is 6.42 Å². The maximum Gasteiger partial charge on any atom is 0.161 e. The molecule has 2 N–H and O–H groups in total. The number of nitrogens with two attached hydrogens (primary N) is 1. The lowest BCUT2D eigenvalue weighted by Crippen LogP contribution is -2.22. The van der Waals surface area contributed by atoms with Crippen LogP contribution >= 0.6 is 0 Å². The maximum absolute atomic E-state index is 6.32. The van der Waals surface area contributed by atoms with E-state index in [1.165, 1.54) is 28.7 Å². The molecule has 0 unspecified atom stereocenters. The van der Waals surface area contributed by atoms with Crippen molar-refractivity contribution < 1.29 is 9.47 Å². The summed E-state index contributed by atoms with van der Waals surface area (Å²) in [6.07, 6.45) is 5.58. The van der Waals surface area contributed by atoms with Crippen molar-refractivity contribution in [1.82, 2.24) is 0 Å². The first kappa shape index (κ1) is 12.5. The first-order valence-electron chi connectivity index (χ1n) is 6.97. The molecule has 3 nitrogen and oxygen atoms in total. The van der Waals surface area contributed by atoms with Gasteiger partial charge in [0.25, 0.3) is 0 Å². The highest BCUT2D eigenvalue weighted by Gasteiger charge is 2.27. The first-order chi connectivity index (χ1) is 9.24. The predicted octanol–water partition coefficient (Wildman–Crippen LogP) is 2.91. The van der Waals surface area contributed by atoms with E-state index < -0.39 is 0 Å². The van der Waals surface area contributed by atoms with Crippen molar-refractivity contribution in [3.63, 3.8) is 0 Å². The molecule has 102 valence electrons. The molecular formula is C16H21NO2. The van der Waals surface area contributed by atoms with Crippen molar-refractivity contribution in [3.05, 3.63) is 28.8 Å². The van der Waals surface area contributed by atoms with Crippen molar-refractivity contribution in [3.8, 4) is 11.5 Å². The average Bonchev–Trinajstić information content (AvgIpc) is 2.88. The van der Waals surface area contributed by atoms with Crippen molar-refractivity contribution in [1.29, 1.82) is 0 Å². The van der Waals surface area contributed by atoms with E-state index in [9.17, 15) is 0 Å². The topological polar surface area (TPSA) is 44.5 Å². The number of allylic oxidation sites excluding steroid dienone is 1. The van der Waals surface area contributed by atoms with Gasteiger partial charge in [0.05, 0.1) is 14.2 Å². The number of hydrogen-bond donors (Lipinski definition) is 1. The summed E-state index contributed by atoms with van der Waals surface area (Å²) in [5.41, 5.74) is 11.9. The molecule has 0 amide bonds. The Morgan fingerprint density at radius 1 is 1.05 bits per heavy atom. The first-order valence-corrected chi connectivity index (χ1v) is 6.97. The van der Waals surface area contributed by atoms with E-state index in [1.807, 2.05) is 0 Å². The summed E-state index contributed by atoms with van der Waals surface area (Å²) in [7, 11) is 3.38. The molecule has 2 aliphatic rings. The minimum absolute atomic E-state index is 0.224. The molecule has 0 heterocycles. The van der Waals surface area contributed by atoms with E-state index in [0.29, 0.717) is 0 Å². The smallest absolute Gasteiger partial charge is 0.161 e. The molecule has 0 radical (unpaired) electrons. The molecule has 0 aromatic heterocycles. The fraction of sp³-hybridized carbons (Fsp3) is 0.500. The quantitative estimate of drug-likeness (QED) is 0.888. The van der Waals surface area contributed by atoms with E-state index in [4.69, 9.17) is 15.2 Å². The molecule has 0 bridgehead atoms. The number of fused-ring (bicyclic) bond motifs is 2. The minimum atomic E-state index is 0.224. The molecule has 1 atom stereocenters. The Morgan fingerprint density at radius 3 is 2.53 bits per heavy atom. The fourth-order valence-corrected chi connectivity index (χ4v) is 3.38. The minimum Gasteiger partial charge on any atom is -0.493 e. The number of hydrogen-bond acceptors (Lipinski definition) is 3. The van der Waals surface area contributed by atoms with Crippen molar-refractivity contribution in [2.45, 2.75) is 38.1 Å². The number of methoxy groups -OCH3 is 2. The Morgan fingerprint density at radius 2 is 1.79 bits per heavy atom. The molecule has 1 aromatic rings. The number of rotatable bonds is 2. The normalized spacial score (nSPS) is 21.7. The Kier molecular flexibility index (Phi) is 3.23. The molecule has 1 aromatic carbocycles. The van der Waals surface area contributed by atoms with Crippen LogP contribution in [0.1, 0.15) is 36.8 Å². The summed E-state index contributed by atoms with van der Waals surface area (Å²) in [5.74, 6) is 1.63. The van der Waals surface area contributed by atoms with Gasteiger partial charge in [-0.15, -0.1) is 0 Å². The highest BCUT2D eigenvalue weighted by atomic mass is 16.5. The molecule has 0 saturated heterocycles. The lowest BCUT2D eigenvalue weighted by atomic mass is 9.96. The van der Waals surface area contributed by atoms with Crippen molar-refractivity contribution >= 4 is 5.57 Å². The van der Waals surface area contributed by atoms with Crippen LogP contribution in [0.4, 0.5) is 0 Å². The molecule has 0 spiro atoms. The number of benzene rings is 1. The predicted molar refractivity (Wildman–Crippen MR) is 76.6 cm³/mol. The van der Waals surface area contributed by atoms with Gasteiger partial charge < -0.3 is 15.2 Å². The highest BCUT2D eigenvalue weighted by molar-refractivity contribution is 5.76. The largest absolute Gasteiger partial charge is 0.493 e. The summed E-state index contributed by atoms with van der Waals surface area (Å²) in [6, 6.07) is 4.48. The van der Waals surface area contributed by atoms with E-state index in [2.05, 4.69) is 12.1 Å². The van der Waals surface area contributed by atoms with Gasteiger partial charge in [-0.3, -0.25) is 0 Å². The van der Waals surface area contributed by atoms with E-state index in [0.717, 1.165) is 37.2 Å². The van der Waals surface area contributed by atoms with Crippen LogP contribution in [0.5, 0.6) is 11.5 Å². The Hall–Kier alpha value is -1.48. The standard InChI is InChI=1S/C16H21NO2/c1-18-15-8-10-6-7-14(17)12-5-3-4-11(12)13(10)9-16(15)19-2/h8-9,14H,3-7,17H2,1-2H3/t14-/m0/s1. The van der Waals surface area contributed by atoms with Gasteiger partial charge >= 0.3 is 0 Å². The summed E-state index contributed by atoms with van der Waals surface area (Å²) >= 11 is 0. The SMILES string of the molecule is COc1cc2c(cc1OC)C1=C(CCC1)[C@@H](N)CC2. The third-order valence-corrected chi connectivity index (χ3v) is 4.37. The Balaban J connectivity index is 2.16. The third kappa shape index (κ3) is 2.02. The van der Waals surface area contributed by atoms with Crippen LogP contribution in [0.2, 0.25) is 0 Å². The zero-order valence-corrected chi connectivity index (χ0v) is 11.7.